The van der Waals surface area contributed by atoms with Crippen molar-refractivity contribution in [3.63, 3.8) is 0 Å². The van der Waals surface area contributed by atoms with E-state index in [9.17, 15) is 0 Å². The molecular formula is C19H32N4O2. The molecule has 0 saturated carbocycles. The molecule has 1 aromatic rings. The van der Waals surface area contributed by atoms with Crippen molar-refractivity contribution in [3.8, 4) is 0 Å². The molecule has 0 unspecified atom stereocenters. The van der Waals surface area contributed by atoms with Crippen LogP contribution in [0.5, 0.6) is 0 Å². The van der Waals surface area contributed by atoms with Gasteiger partial charge < -0.3 is 20.1 Å². The van der Waals surface area contributed by atoms with E-state index < -0.39 is 0 Å². The molecule has 1 aromatic carbocycles. The van der Waals surface area contributed by atoms with Gasteiger partial charge in [0.15, 0.2) is 5.96 Å². The van der Waals surface area contributed by atoms with Crippen molar-refractivity contribution in [3.05, 3.63) is 35.4 Å². The van der Waals surface area contributed by atoms with E-state index in [4.69, 9.17) is 9.47 Å². The van der Waals surface area contributed by atoms with Gasteiger partial charge in [-0.1, -0.05) is 24.3 Å². The number of aliphatic imine (C=N–C) groups is 1. The minimum atomic E-state index is 0.668. The average molecular weight is 348 g/mol. The molecule has 140 valence electrons. The van der Waals surface area contributed by atoms with E-state index in [1.165, 1.54) is 11.1 Å². The van der Waals surface area contributed by atoms with E-state index in [0.717, 1.165) is 58.5 Å². The maximum absolute atomic E-state index is 5.41. The molecule has 1 heterocycles. The summed E-state index contributed by atoms with van der Waals surface area (Å²) in [4.78, 5) is 7.11. The van der Waals surface area contributed by atoms with Crippen LogP contribution < -0.4 is 10.6 Å². The van der Waals surface area contributed by atoms with Crippen LogP contribution in [0.15, 0.2) is 29.3 Å². The third-order valence-electron chi connectivity index (χ3n) is 4.01. The Hall–Kier alpha value is -1.63. The second-order valence-corrected chi connectivity index (χ2v) is 6.03. The van der Waals surface area contributed by atoms with Crippen LogP contribution >= 0.6 is 0 Å². The van der Waals surface area contributed by atoms with Gasteiger partial charge in [-0.25, -0.2) is 4.99 Å². The van der Waals surface area contributed by atoms with Crippen LogP contribution in [0.2, 0.25) is 0 Å². The SMILES string of the molecule is CCNC(=NCc1cccc(CN2CCOCC2)c1)NCCOCC. The Balaban J connectivity index is 1.87. The zero-order valence-corrected chi connectivity index (χ0v) is 15.6. The van der Waals surface area contributed by atoms with E-state index in [1.807, 2.05) is 6.92 Å². The van der Waals surface area contributed by atoms with Gasteiger partial charge in [0.1, 0.15) is 0 Å². The molecule has 25 heavy (non-hydrogen) atoms. The molecule has 0 radical (unpaired) electrons. The molecule has 1 aliphatic rings. The van der Waals surface area contributed by atoms with E-state index in [1.54, 1.807) is 0 Å². The number of nitrogens with one attached hydrogen (secondary N) is 2. The fraction of sp³-hybridized carbons (Fsp3) is 0.632. The Morgan fingerprint density at radius 1 is 1.20 bits per heavy atom. The van der Waals surface area contributed by atoms with Crippen molar-refractivity contribution in [2.75, 3.05) is 52.6 Å². The van der Waals surface area contributed by atoms with Crippen LogP contribution in [0.1, 0.15) is 25.0 Å². The molecule has 2 N–H and O–H groups in total. The van der Waals surface area contributed by atoms with Crippen molar-refractivity contribution >= 4 is 5.96 Å². The normalized spacial score (nSPS) is 16.0. The first-order chi connectivity index (χ1) is 12.3. The van der Waals surface area contributed by atoms with Crippen molar-refractivity contribution in [1.82, 2.24) is 15.5 Å². The maximum Gasteiger partial charge on any atom is 0.191 e. The molecule has 0 bridgehead atoms. The molecule has 6 nitrogen and oxygen atoms in total. The predicted octanol–water partition coefficient (Wildman–Crippen LogP) is 1.61. The van der Waals surface area contributed by atoms with E-state index in [0.29, 0.717) is 13.2 Å². The van der Waals surface area contributed by atoms with Gasteiger partial charge >= 0.3 is 0 Å². The molecule has 1 fully saturated rings. The molecule has 0 aliphatic carbocycles. The largest absolute Gasteiger partial charge is 0.380 e. The highest BCUT2D eigenvalue weighted by Gasteiger charge is 2.10. The molecule has 0 amide bonds. The Labute approximate surface area is 151 Å². The minimum absolute atomic E-state index is 0.668. The Morgan fingerprint density at radius 2 is 2.00 bits per heavy atom. The Morgan fingerprint density at radius 3 is 2.76 bits per heavy atom. The lowest BCUT2D eigenvalue weighted by Crippen LogP contribution is -2.39. The Kier molecular flexibility index (Phi) is 9.33. The number of hydrogen-bond donors (Lipinski definition) is 2. The highest BCUT2D eigenvalue weighted by atomic mass is 16.5. The number of hydrogen-bond acceptors (Lipinski definition) is 4. The van der Waals surface area contributed by atoms with Crippen LogP contribution in [-0.2, 0) is 22.6 Å². The average Bonchev–Trinajstić information content (AvgIpc) is 2.64. The number of benzene rings is 1. The van der Waals surface area contributed by atoms with E-state index in [-0.39, 0.29) is 0 Å². The summed E-state index contributed by atoms with van der Waals surface area (Å²) in [6.07, 6.45) is 0. The van der Waals surface area contributed by atoms with Gasteiger partial charge in [0, 0.05) is 39.3 Å². The molecule has 0 spiro atoms. The summed E-state index contributed by atoms with van der Waals surface area (Å²) in [6.45, 7) is 12.5. The summed E-state index contributed by atoms with van der Waals surface area (Å²) in [5.41, 5.74) is 2.57. The van der Waals surface area contributed by atoms with Crippen LogP contribution in [0, 0.1) is 0 Å². The lowest BCUT2D eigenvalue weighted by Gasteiger charge is -2.26. The number of guanidine groups is 1. The molecule has 1 saturated heterocycles. The van der Waals surface area contributed by atoms with Gasteiger partial charge in [0.25, 0.3) is 0 Å². The highest BCUT2D eigenvalue weighted by Crippen LogP contribution is 2.10. The lowest BCUT2D eigenvalue weighted by molar-refractivity contribution is 0.0342. The van der Waals surface area contributed by atoms with Crippen molar-refractivity contribution in [2.24, 2.45) is 4.99 Å². The van der Waals surface area contributed by atoms with Crippen molar-refractivity contribution in [1.29, 1.82) is 0 Å². The third-order valence-corrected chi connectivity index (χ3v) is 4.01. The monoisotopic (exact) mass is 348 g/mol. The first kappa shape index (κ1) is 19.7. The lowest BCUT2D eigenvalue weighted by atomic mass is 10.1. The second-order valence-electron chi connectivity index (χ2n) is 6.03. The summed E-state index contributed by atoms with van der Waals surface area (Å²) in [5.74, 6) is 0.834. The van der Waals surface area contributed by atoms with Gasteiger partial charge in [0.05, 0.1) is 26.4 Å². The topological polar surface area (TPSA) is 58.1 Å². The van der Waals surface area contributed by atoms with Gasteiger partial charge in [0.2, 0.25) is 0 Å². The van der Waals surface area contributed by atoms with Crippen LogP contribution in [-0.4, -0.2) is 63.5 Å². The fourth-order valence-corrected chi connectivity index (χ4v) is 2.74. The van der Waals surface area contributed by atoms with Crippen LogP contribution in [0.4, 0.5) is 0 Å². The molecule has 6 heteroatoms. The highest BCUT2D eigenvalue weighted by molar-refractivity contribution is 5.79. The molecular weight excluding hydrogens is 316 g/mol. The smallest absolute Gasteiger partial charge is 0.191 e. The van der Waals surface area contributed by atoms with Crippen molar-refractivity contribution < 1.29 is 9.47 Å². The zero-order valence-electron chi connectivity index (χ0n) is 15.6. The van der Waals surface area contributed by atoms with Crippen LogP contribution in [0.25, 0.3) is 0 Å². The second kappa shape index (κ2) is 11.8. The summed E-state index contributed by atoms with van der Waals surface area (Å²) in [6, 6.07) is 8.70. The van der Waals surface area contributed by atoms with Gasteiger partial charge in [-0.05, 0) is 25.0 Å². The first-order valence-corrected chi connectivity index (χ1v) is 9.29. The zero-order chi connectivity index (χ0) is 17.7. The number of morpholine rings is 1. The number of nitrogens with zero attached hydrogens (tertiary/aromatic N) is 2. The maximum atomic E-state index is 5.41. The molecule has 1 aliphatic heterocycles. The van der Waals surface area contributed by atoms with Gasteiger partial charge in [-0.15, -0.1) is 0 Å². The third kappa shape index (κ3) is 7.86. The first-order valence-electron chi connectivity index (χ1n) is 9.29. The van der Waals surface area contributed by atoms with Crippen LogP contribution in [0.3, 0.4) is 0 Å². The Bertz CT molecular complexity index is 516. The van der Waals surface area contributed by atoms with E-state index >= 15 is 0 Å². The summed E-state index contributed by atoms with van der Waals surface area (Å²) < 4.78 is 10.8. The quantitative estimate of drug-likeness (QED) is 0.403. The summed E-state index contributed by atoms with van der Waals surface area (Å²) in [5, 5.41) is 6.57. The number of rotatable bonds is 9. The van der Waals surface area contributed by atoms with Gasteiger partial charge in [-0.2, -0.15) is 0 Å². The predicted molar refractivity (Wildman–Crippen MR) is 102 cm³/mol. The molecule has 2 rings (SSSR count). The van der Waals surface area contributed by atoms with Crippen molar-refractivity contribution in [2.45, 2.75) is 26.9 Å². The minimum Gasteiger partial charge on any atom is -0.380 e. The summed E-state index contributed by atoms with van der Waals surface area (Å²) >= 11 is 0. The van der Waals surface area contributed by atoms with Gasteiger partial charge in [-0.3, -0.25) is 4.90 Å². The fourth-order valence-electron chi connectivity index (χ4n) is 2.74. The molecule has 0 atom stereocenters. The number of ether oxygens (including phenoxy) is 2. The molecule has 0 aromatic heterocycles. The summed E-state index contributed by atoms with van der Waals surface area (Å²) in [7, 11) is 0. The van der Waals surface area contributed by atoms with E-state index in [2.05, 4.69) is 51.7 Å². The standard InChI is InChI=1S/C19H32N4O2/c1-3-20-19(21-8-11-24-4-2)22-15-17-6-5-7-18(14-17)16-23-9-12-25-13-10-23/h5-7,14H,3-4,8-13,15-16H2,1-2H3,(H2,20,21,22).